The number of amides is 1. The molecule has 0 saturated carbocycles. The first-order valence-electron chi connectivity index (χ1n) is 8.25. The minimum absolute atomic E-state index is 0.199. The molecule has 0 aromatic heterocycles. The normalized spacial score (nSPS) is 10.4. The van der Waals surface area contributed by atoms with Gasteiger partial charge in [-0.3, -0.25) is 4.79 Å². The van der Waals surface area contributed by atoms with Crippen LogP contribution in [0.25, 0.3) is 0 Å². The maximum Gasteiger partial charge on any atom is 0.338 e. The first-order chi connectivity index (χ1) is 12.9. The number of ether oxygens (including phenoxy) is 2. The fraction of sp³-hybridized carbons (Fsp3) is 0.263. The molecule has 0 aliphatic heterocycles. The van der Waals surface area contributed by atoms with Gasteiger partial charge in [0.1, 0.15) is 5.75 Å². The molecule has 2 aromatic rings. The highest BCUT2D eigenvalue weighted by atomic mass is 19.2. The number of carbonyl (C=O) groups excluding carboxylic acids is 2. The molecule has 0 bridgehead atoms. The van der Waals surface area contributed by atoms with Crippen molar-refractivity contribution in [2.24, 2.45) is 0 Å². The zero-order valence-electron chi connectivity index (χ0n) is 14.6. The highest BCUT2D eigenvalue weighted by molar-refractivity contribution is 5.95. The van der Waals surface area contributed by atoms with E-state index in [2.05, 4.69) is 0 Å². The summed E-state index contributed by atoms with van der Waals surface area (Å²) in [6.07, 6.45) is 1.92. The monoisotopic (exact) mass is 381 g/mol. The summed E-state index contributed by atoms with van der Waals surface area (Å²) in [5, 5.41) is 2.01. The molecule has 2 rings (SSSR count). The number of anilines is 1. The largest absolute Gasteiger partial charge is 0.494 e. The Morgan fingerprint density at radius 2 is 1.70 bits per heavy atom. The van der Waals surface area contributed by atoms with E-state index in [0.29, 0.717) is 18.4 Å². The van der Waals surface area contributed by atoms with E-state index < -0.39 is 41.6 Å². The quantitative estimate of drug-likeness (QED) is 0.425. The van der Waals surface area contributed by atoms with Crippen molar-refractivity contribution in [1.29, 1.82) is 0 Å². The smallest absolute Gasteiger partial charge is 0.338 e. The number of hydrogen-bond donors (Lipinski definition) is 1. The second kappa shape index (κ2) is 9.61. The standard InChI is InChI=1S/C19H18F3NO4/c1-2-3-10-26-13-6-4-12(5-7-13)19(25)27-11-16(24)23-15-9-8-14(20)17(21)18(15)22/h4-9H,2-3,10-11H2,1H3,(H,23,24). The van der Waals surface area contributed by atoms with E-state index in [-0.39, 0.29) is 5.56 Å². The van der Waals surface area contributed by atoms with Crippen LogP contribution in [-0.4, -0.2) is 25.1 Å². The van der Waals surface area contributed by atoms with Crippen LogP contribution in [0.4, 0.5) is 18.9 Å². The Morgan fingerprint density at radius 3 is 2.37 bits per heavy atom. The molecule has 144 valence electrons. The molecule has 8 heteroatoms. The van der Waals surface area contributed by atoms with Gasteiger partial charge in [-0.15, -0.1) is 0 Å². The Balaban J connectivity index is 1.86. The fourth-order valence-corrected chi connectivity index (χ4v) is 2.04. The maximum atomic E-state index is 13.5. The average molecular weight is 381 g/mol. The molecule has 0 radical (unpaired) electrons. The van der Waals surface area contributed by atoms with Gasteiger partial charge in [0.15, 0.2) is 24.1 Å². The average Bonchev–Trinajstić information content (AvgIpc) is 2.67. The zero-order valence-corrected chi connectivity index (χ0v) is 14.6. The molecule has 0 atom stereocenters. The van der Waals surface area contributed by atoms with E-state index in [1.807, 2.05) is 12.2 Å². The number of nitrogens with one attached hydrogen (secondary N) is 1. The number of carbonyl (C=O) groups is 2. The third-order valence-electron chi connectivity index (χ3n) is 3.50. The molecule has 0 spiro atoms. The van der Waals surface area contributed by atoms with Crippen LogP contribution in [0.3, 0.4) is 0 Å². The molecule has 5 nitrogen and oxygen atoms in total. The molecule has 27 heavy (non-hydrogen) atoms. The molecule has 0 heterocycles. The van der Waals surface area contributed by atoms with E-state index in [9.17, 15) is 22.8 Å². The lowest BCUT2D eigenvalue weighted by atomic mass is 10.2. The summed E-state index contributed by atoms with van der Waals surface area (Å²) in [7, 11) is 0. The summed E-state index contributed by atoms with van der Waals surface area (Å²) >= 11 is 0. The van der Waals surface area contributed by atoms with E-state index in [4.69, 9.17) is 9.47 Å². The van der Waals surface area contributed by atoms with E-state index in [0.717, 1.165) is 18.9 Å². The highest BCUT2D eigenvalue weighted by Gasteiger charge is 2.16. The summed E-state index contributed by atoms with van der Waals surface area (Å²) < 4.78 is 49.7. The van der Waals surface area contributed by atoms with Gasteiger partial charge in [0.25, 0.3) is 5.91 Å². The predicted octanol–water partition coefficient (Wildman–Crippen LogP) is 4.08. The fourth-order valence-electron chi connectivity index (χ4n) is 2.04. The van der Waals surface area contributed by atoms with Gasteiger partial charge < -0.3 is 14.8 Å². The predicted molar refractivity (Wildman–Crippen MR) is 92.1 cm³/mol. The topological polar surface area (TPSA) is 64.6 Å². The number of hydrogen-bond acceptors (Lipinski definition) is 4. The molecule has 1 N–H and O–H groups in total. The minimum atomic E-state index is -1.70. The Hall–Kier alpha value is -3.03. The first-order valence-corrected chi connectivity index (χ1v) is 8.25. The molecule has 0 aliphatic carbocycles. The zero-order chi connectivity index (χ0) is 19.8. The number of benzene rings is 2. The van der Waals surface area contributed by atoms with Crippen LogP contribution in [0, 0.1) is 17.5 Å². The van der Waals surface area contributed by atoms with Crippen molar-refractivity contribution < 1.29 is 32.2 Å². The third kappa shape index (κ3) is 5.73. The van der Waals surface area contributed by atoms with E-state index in [1.165, 1.54) is 12.1 Å². The highest BCUT2D eigenvalue weighted by Crippen LogP contribution is 2.19. The van der Waals surface area contributed by atoms with Gasteiger partial charge >= 0.3 is 5.97 Å². The first kappa shape index (κ1) is 20.3. The van der Waals surface area contributed by atoms with Gasteiger partial charge in [-0.1, -0.05) is 13.3 Å². The summed E-state index contributed by atoms with van der Waals surface area (Å²) in [5.74, 6) is -5.67. The van der Waals surface area contributed by atoms with Crippen molar-refractivity contribution in [2.45, 2.75) is 19.8 Å². The molecule has 0 unspecified atom stereocenters. The third-order valence-corrected chi connectivity index (χ3v) is 3.50. The van der Waals surface area contributed by atoms with Crippen LogP contribution in [-0.2, 0) is 9.53 Å². The van der Waals surface area contributed by atoms with Gasteiger partial charge in [-0.05, 0) is 42.8 Å². The lowest BCUT2D eigenvalue weighted by Crippen LogP contribution is -2.21. The lowest BCUT2D eigenvalue weighted by Gasteiger charge is -2.09. The van der Waals surface area contributed by atoms with Crippen LogP contribution in [0.2, 0.25) is 0 Å². The van der Waals surface area contributed by atoms with Crippen molar-refractivity contribution in [1.82, 2.24) is 0 Å². The second-order valence-corrected chi connectivity index (χ2v) is 5.57. The van der Waals surface area contributed by atoms with Crippen LogP contribution < -0.4 is 10.1 Å². The van der Waals surface area contributed by atoms with Gasteiger partial charge in [-0.2, -0.15) is 0 Å². The summed E-state index contributed by atoms with van der Waals surface area (Å²) in [5.41, 5.74) is -0.354. The maximum absolute atomic E-state index is 13.5. The minimum Gasteiger partial charge on any atom is -0.494 e. The summed E-state index contributed by atoms with van der Waals surface area (Å²) in [6, 6.07) is 7.70. The van der Waals surface area contributed by atoms with Crippen LogP contribution in [0.5, 0.6) is 5.75 Å². The second-order valence-electron chi connectivity index (χ2n) is 5.57. The van der Waals surface area contributed by atoms with Crippen LogP contribution >= 0.6 is 0 Å². The molecule has 2 aromatic carbocycles. The molecule has 0 aliphatic rings. The van der Waals surface area contributed by atoms with Gasteiger partial charge in [-0.25, -0.2) is 18.0 Å². The molecular weight excluding hydrogens is 363 g/mol. The van der Waals surface area contributed by atoms with Gasteiger partial charge in [0.2, 0.25) is 0 Å². The van der Waals surface area contributed by atoms with Crippen molar-refractivity contribution in [2.75, 3.05) is 18.5 Å². The molecular formula is C19H18F3NO4. The molecule has 1 amide bonds. The van der Waals surface area contributed by atoms with E-state index in [1.54, 1.807) is 12.1 Å². The summed E-state index contributed by atoms with van der Waals surface area (Å²) in [4.78, 5) is 23.6. The molecule has 0 fully saturated rings. The Morgan fingerprint density at radius 1 is 1.00 bits per heavy atom. The van der Waals surface area contributed by atoms with Crippen molar-refractivity contribution >= 4 is 17.6 Å². The summed E-state index contributed by atoms with van der Waals surface area (Å²) in [6.45, 7) is 1.90. The van der Waals surface area contributed by atoms with Crippen molar-refractivity contribution in [3.05, 3.63) is 59.4 Å². The SMILES string of the molecule is CCCCOc1ccc(C(=O)OCC(=O)Nc2ccc(F)c(F)c2F)cc1. The number of rotatable bonds is 8. The number of unbranched alkanes of at least 4 members (excludes halogenated alkanes) is 1. The van der Waals surface area contributed by atoms with Gasteiger partial charge in [0.05, 0.1) is 17.9 Å². The number of esters is 1. The lowest BCUT2D eigenvalue weighted by molar-refractivity contribution is -0.119. The Labute approximate surface area is 154 Å². The van der Waals surface area contributed by atoms with Gasteiger partial charge in [0, 0.05) is 0 Å². The van der Waals surface area contributed by atoms with Crippen molar-refractivity contribution in [3.63, 3.8) is 0 Å². The number of halogens is 3. The van der Waals surface area contributed by atoms with Crippen LogP contribution in [0.15, 0.2) is 36.4 Å². The van der Waals surface area contributed by atoms with Crippen molar-refractivity contribution in [3.8, 4) is 5.75 Å². The molecule has 0 saturated heterocycles. The Kier molecular flexibility index (Phi) is 7.22. The Bertz CT molecular complexity index is 809. The van der Waals surface area contributed by atoms with E-state index >= 15 is 0 Å². The van der Waals surface area contributed by atoms with Crippen LogP contribution in [0.1, 0.15) is 30.1 Å².